The lowest BCUT2D eigenvalue weighted by Gasteiger charge is -2.20. The van der Waals surface area contributed by atoms with Crippen LogP contribution in [-0.2, 0) is 0 Å². The van der Waals surface area contributed by atoms with Gasteiger partial charge in [-0.15, -0.1) is 4.80 Å². The topological polar surface area (TPSA) is 104 Å². The van der Waals surface area contributed by atoms with Gasteiger partial charge >= 0.3 is 6.09 Å². The van der Waals surface area contributed by atoms with E-state index < -0.39 is 6.09 Å². The van der Waals surface area contributed by atoms with Crippen molar-refractivity contribution < 1.29 is 14.7 Å². The fourth-order valence-electron chi connectivity index (χ4n) is 3.53. The van der Waals surface area contributed by atoms with Gasteiger partial charge in [-0.1, -0.05) is 0 Å². The molecule has 0 aromatic carbocycles. The Labute approximate surface area is 137 Å². The van der Waals surface area contributed by atoms with E-state index in [1.165, 1.54) is 9.70 Å². The Kier molecular flexibility index (Phi) is 3.40. The quantitative estimate of drug-likeness (QED) is 0.852. The van der Waals surface area contributed by atoms with Crippen LogP contribution in [-0.4, -0.2) is 73.1 Å². The molecule has 9 nitrogen and oxygen atoms in total. The van der Waals surface area contributed by atoms with Crippen LogP contribution in [0.4, 0.5) is 4.79 Å². The molecule has 4 heterocycles. The normalized spacial score (nSPS) is 22.7. The summed E-state index contributed by atoms with van der Waals surface area (Å²) >= 11 is 0. The highest BCUT2D eigenvalue weighted by Gasteiger charge is 2.43. The van der Waals surface area contributed by atoms with Crippen molar-refractivity contribution in [3.63, 3.8) is 0 Å². The highest BCUT2D eigenvalue weighted by atomic mass is 16.4. The molecule has 9 heteroatoms. The number of hydrogen-bond acceptors (Lipinski definition) is 5. The molecule has 24 heavy (non-hydrogen) atoms. The Bertz CT molecular complexity index is 763. The van der Waals surface area contributed by atoms with Gasteiger partial charge in [0.25, 0.3) is 5.91 Å². The monoisotopic (exact) mass is 328 g/mol. The number of carboxylic acid groups (broad SMARTS) is 1. The molecule has 2 amide bonds. The van der Waals surface area contributed by atoms with E-state index in [-0.39, 0.29) is 17.7 Å². The van der Waals surface area contributed by atoms with E-state index in [0.29, 0.717) is 37.6 Å². The fraction of sp³-hybridized carbons (Fsp3) is 0.400. The van der Waals surface area contributed by atoms with E-state index in [1.54, 1.807) is 35.6 Å². The number of amides is 2. The van der Waals surface area contributed by atoms with Crippen LogP contribution >= 0.6 is 0 Å². The van der Waals surface area contributed by atoms with Crippen LogP contribution in [0.5, 0.6) is 0 Å². The Morgan fingerprint density at radius 1 is 1.00 bits per heavy atom. The van der Waals surface area contributed by atoms with E-state index in [9.17, 15) is 9.59 Å². The van der Waals surface area contributed by atoms with Gasteiger partial charge in [-0.3, -0.25) is 4.79 Å². The second-order valence-corrected chi connectivity index (χ2v) is 6.11. The zero-order valence-corrected chi connectivity index (χ0v) is 12.8. The van der Waals surface area contributed by atoms with E-state index in [0.717, 1.165) is 0 Å². The van der Waals surface area contributed by atoms with E-state index >= 15 is 0 Å². The van der Waals surface area contributed by atoms with Gasteiger partial charge in [0.2, 0.25) is 0 Å². The van der Waals surface area contributed by atoms with E-state index in [1.807, 2.05) is 0 Å². The number of rotatable bonds is 2. The summed E-state index contributed by atoms with van der Waals surface area (Å²) in [7, 11) is 0. The second-order valence-electron chi connectivity index (χ2n) is 6.11. The van der Waals surface area contributed by atoms with Crippen LogP contribution in [0, 0.1) is 11.8 Å². The Morgan fingerprint density at radius 2 is 1.62 bits per heavy atom. The van der Waals surface area contributed by atoms with Crippen LogP contribution in [0.3, 0.4) is 0 Å². The zero-order chi connectivity index (χ0) is 16.7. The molecule has 0 radical (unpaired) electrons. The van der Waals surface area contributed by atoms with Gasteiger partial charge in [-0.05, 0) is 12.1 Å². The van der Waals surface area contributed by atoms with Gasteiger partial charge in [0.15, 0.2) is 5.69 Å². The first-order chi connectivity index (χ1) is 11.6. The average Bonchev–Trinajstić information content (AvgIpc) is 3.29. The molecule has 4 rings (SSSR count). The van der Waals surface area contributed by atoms with Gasteiger partial charge in [0.05, 0.1) is 12.4 Å². The fourth-order valence-corrected chi connectivity index (χ4v) is 3.53. The van der Waals surface area contributed by atoms with Crippen LogP contribution in [0.15, 0.2) is 30.7 Å². The van der Waals surface area contributed by atoms with Crippen molar-refractivity contribution in [3.05, 3.63) is 36.4 Å². The minimum absolute atomic E-state index is 0.167. The number of fused-ring (bicyclic) bond motifs is 1. The highest BCUT2D eigenvalue weighted by Crippen LogP contribution is 2.32. The largest absolute Gasteiger partial charge is 0.465 e. The summed E-state index contributed by atoms with van der Waals surface area (Å²) in [5.74, 6) is 0.222. The lowest BCUT2D eigenvalue weighted by molar-refractivity contribution is 0.0768. The van der Waals surface area contributed by atoms with Crippen molar-refractivity contribution in [1.29, 1.82) is 0 Å². The molecule has 2 fully saturated rings. The summed E-state index contributed by atoms with van der Waals surface area (Å²) in [6, 6.07) is 3.49. The molecule has 2 unspecified atom stereocenters. The van der Waals surface area contributed by atoms with Gasteiger partial charge in [-0.2, -0.15) is 10.2 Å². The third kappa shape index (κ3) is 2.38. The maximum Gasteiger partial charge on any atom is 0.407 e. The predicted molar refractivity (Wildman–Crippen MR) is 81.6 cm³/mol. The number of aromatic nitrogens is 4. The lowest BCUT2D eigenvalue weighted by Crippen LogP contribution is -2.35. The van der Waals surface area contributed by atoms with Crippen molar-refractivity contribution in [3.8, 4) is 5.69 Å². The molecule has 0 bridgehead atoms. The first kappa shape index (κ1) is 14.6. The van der Waals surface area contributed by atoms with Crippen molar-refractivity contribution in [2.45, 2.75) is 0 Å². The third-order valence-electron chi connectivity index (χ3n) is 4.67. The molecular weight excluding hydrogens is 312 g/mol. The summed E-state index contributed by atoms with van der Waals surface area (Å²) in [5, 5.41) is 17.2. The van der Waals surface area contributed by atoms with Crippen LogP contribution in [0.1, 0.15) is 10.5 Å². The van der Waals surface area contributed by atoms with Gasteiger partial charge < -0.3 is 14.9 Å². The number of carbonyl (C=O) groups excluding carboxylic acids is 1. The highest BCUT2D eigenvalue weighted by molar-refractivity contribution is 5.95. The van der Waals surface area contributed by atoms with Crippen molar-refractivity contribution in [1.82, 2.24) is 29.8 Å². The van der Waals surface area contributed by atoms with E-state index in [2.05, 4.69) is 15.2 Å². The Morgan fingerprint density at radius 3 is 2.25 bits per heavy atom. The second kappa shape index (κ2) is 5.59. The number of hydrogen-bond donors (Lipinski definition) is 1. The van der Waals surface area contributed by atoms with Crippen molar-refractivity contribution in [2.24, 2.45) is 11.8 Å². The predicted octanol–water partition coefficient (Wildman–Crippen LogP) is 0.344. The molecule has 0 aliphatic carbocycles. The molecule has 2 aromatic heterocycles. The molecular formula is C15H16N6O3. The molecule has 2 aromatic rings. The lowest BCUT2D eigenvalue weighted by atomic mass is 10.0. The smallest absolute Gasteiger partial charge is 0.407 e. The van der Waals surface area contributed by atoms with E-state index in [4.69, 9.17) is 5.11 Å². The Balaban J connectivity index is 1.54. The average molecular weight is 328 g/mol. The first-order valence-electron chi connectivity index (χ1n) is 7.72. The molecule has 2 atom stereocenters. The van der Waals surface area contributed by atoms with Crippen LogP contribution < -0.4 is 0 Å². The summed E-state index contributed by atoms with van der Waals surface area (Å²) < 4.78 is 0. The molecule has 2 aliphatic heterocycles. The number of pyridine rings is 1. The summed E-state index contributed by atoms with van der Waals surface area (Å²) in [6.45, 7) is 2.07. The Hall–Kier alpha value is -2.97. The van der Waals surface area contributed by atoms with Gasteiger partial charge in [0, 0.05) is 44.2 Å². The third-order valence-corrected chi connectivity index (χ3v) is 4.67. The first-order valence-corrected chi connectivity index (χ1v) is 7.72. The van der Waals surface area contributed by atoms with Crippen molar-refractivity contribution in [2.75, 3.05) is 26.2 Å². The maximum absolute atomic E-state index is 12.9. The van der Waals surface area contributed by atoms with Crippen LogP contribution in [0.2, 0.25) is 0 Å². The SMILES string of the molecule is O=C(O)N1CC2CN(C(=O)c3ncccc3-n3nccn3)CC2C1. The molecule has 1 N–H and O–H groups in total. The number of carbonyl (C=O) groups is 2. The summed E-state index contributed by atoms with van der Waals surface area (Å²) in [6.07, 6.45) is 3.77. The van der Waals surface area contributed by atoms with Crippen molar-refractivity contribution >= 4 is 12.0 Å². The summed E-state index contributed by atoms with van der Waals surface area (Å²) in [4.78, 5) is 32.7. The molecule has 124 valence electrons. The minimum atomic E-state index is -0.890. The molecule has 0 spiro atoms. The number of nitrogens with zero attached hydrogens (tertiary/aromatic N) is 6. The minimum Gasteiger partial charge on any atom is -0.465 e. The number of likely N-dealkylation sites (tertiary alicyclic amines) is 2. The standard InChI is InChI=1S/C15H16N6O3/c22-14(13-12(2-1-3-16-13)21-17-4-5-18-21)19-6-10-8-20(15(23)24)9-11(10)7-19/h1-5,10-11H,6-9H2,(H,23,24). The molecule has 0 saturated carbocycles. The molecule has 2 aliphatic rings. The molecule has 2 saturated heterocycles. The van der Waals surface area contributed by atoms with Gasteiger partial charge in [-0.25, -0.2) is 9.78 Å². The van der Waals surface area contributed by atoms with Crippen LogP contribution in [0.25, 0.3) is 5.69 Å². The summed E-state index contributed by atoms with van der Waals surface area (Å²) in [5.41, 5.74) is 0.848. The zero-order valence-electron chi connectivity index (χ0n) is 12.8. The maximum atomic E-state index is 12.9. The van der Waals surface area contributed by atoms with Gasteiger partial charge in [0.1, 0.15) is 5.69 Å².